The van der Waals surface area contributed by atoms with Crippen LogP contribution in [0.5, 0.6) is 11.6 Å². The molecule has 0 amide bonds. The second-order valence-electron chi connectivity index (χ2n) is 3.56. The highest BCUT2D eigenvalue weighted by Crippen LogP contribution is 2.28. The van der Waals surface area contributed by atoms with Gasteiger partial charge in [-0.25, -0.2) is 0 Å². The van der Waals surface area contributed by atoms with Gasteiger partial charge in [0.05, 0.1) is 6.20 Å². The van der Waals surface area contributed by atoms with Crippen molar-refractivity contribution in [1.29, 1.82) is 0 Å². The third-order valence-electron chi connectivity index (χ3n) is 2.41. The Hall–Kier alpha value is -1.44. The Morgan fingerprint density at radius 1 is 1.44 bits per heavy atom. The minimum absolute atomic E-state index is 0.370. The van der Waals surface area contributed by atoms with Gasteiger partial charge in [-0.05, 0) is 22.0 Å². The molecule has 7 heteroatoms. The van der Waals surface area contributed by atoms with Crippen molar-refractivity contribution in [2.45, 2.75) is 6.54 Å². The normalized spacial score (nSPS) is 11.0. The topological polar surface area (TPSA) is 65.4 Å². The van der Waals surface area contributed by atoms with Crippen molar-refractivity contribution in [1.82, 2.24) is 14.4 Å². The first-order valence-corrected chi connectivity index (χ1v) is 6.88. The standard InChI is InChI=1S/C11H9BrN4OS/c12-7-3-8(6-14-5-7)17-10-9(4-13)16-1-2-18-11(16)15-10/h1-3,5-6H,4,13H2. The van der Waals surface area contributed by atoms with Crippen LogP contribution in [0.3, 0.4) is 0 Å². The van der Waals surface area contributed by atoms with E-state index in [0.717, 1.165) is 15.1 Å². The summed E-state index contributed by atoms with van der Waals surface area (Å²) in [6.45, 7) is 0.370. The molecule has 92 valence electrons. The lowest BCUT2D eigenvalue weighted by Gasteiger charge is -2.04. The van der Waals surface area contributed by atoms with Crippen LogP contribution >= 0.6 is 27.3 Å². The monoisotopic (exact) mass is 324 g/mol. The maximum absolute atomic E-state index is 5.74. The second-order valence-corrected chi connectivity index (χ2v) is 5.35. The molecule has 0 saturated carbocycles. The van der Waals surface area contributed by atoms with E-state index in [4.69, 9.17) is 10.5 Å². The minimum Gasteiger partial charge on any atom is -0.436 e. The van der Waals surface area contributed by atoms with E-state index in [1.165, 1.54) is 0 Å². The molecule has 3 rings (SSSR count). The lowest BCUT2D eigenvalue weighted by atomic mass is 10.4. The molecule has 0 aliphatic carbocycles. The molecule has 0 bridgehead atoms. The molecule has 0 radical (unpaired) electrons. The summed E-state index contributed by atoms with van der Waals surface area (Å²) in [5, 5.41) is 1.96. The summed E-state index contributed by atoms with van der Waals surface area (Å²) in [7, 11) is 0. The van der Waals surface area contributed by atoms with Crippen LogP contribution < -0.4 is 10.5 Å². The van der Waals surface area contributed by atoms with Crippen molar-refractivity contribution < 1.29 is 4.74 Å². The summed E-state index contributed by atoms with van der Waals surface area (Å²) in [5.74, 6) is 1.16. The fourth-order valence-electron chi connectivity index (χ4n) is 1.64. The summed E-state index contributed by atoms with van der Waals surface area (Å²) in [6, 6.07) is 1.83. The first-order valence-electron chi connectivity index (χ1n) is 5.21. The van der Waals surface area contributed by atoms with Crippen LogP contribution in [0.15, 0.2) is 34.5 Å². The van der Waals surface area contributed by atoms with Crippen LogP contribution in [-0.4, -0.2) is 14.4 Å². The highest BCUT2D eigenvalue weighted by molar-refractivity contribution is 9.10. The average Bonchev–Trinajstić information content (AvgIpc) is 2.89. The van der Waals surface area contributed by atoms with Crippen LogP contribution in [0.1, 0.15) is 5.69 Å². The Morgan fingerprint density at radius 3 is 3.11 bits per heavy atom. The van der Waals surface area contributed by atoms with Crippen molar-refractivity contribution in [2.24, 2.45) is 5.73 Å². The number of hydrogen-bond acceptors (Lipinski definition) is 5. The van der Waals surface area contributed by atoms with Crippen molar-refractivity contribution in [3.05, 3.63) is 40.2 Å². The van der Waals surface area contributed by atoms with Crippen molar-refractivity contribution in [3.63, 3.8) is 0 Å². The average molecular weight is 325 g/mol. The Balaban J connectivity index is 2.01. The van der Waals surface area contributed by atoms with E-state index in [0.29, 0.717) is 18.2 Å². The number of imidazole rings is 1. The number of nitrogens with two attached hydrogens (primary N) is 1. The molecule has 0 spiro atoms. The van der Waals surface area contributed by atoms with Gasteiger partial charge in [0.1, 0.15) is 11.4 Å². The fourth-order valence-corrected chi connectivity index (χ4v) is 2.71. The van der Waals surface area contributed by atoms with Gasteiger partial charge in [-0.15, -0.1) is 11.3 Å². The predicted molar refractivity (Wildman–Crippen MR) is 73.0 cm³/mol. The van der Waals surface area contributed by atoms with Gasteiger partial charge in [-0.2, -0.15) is 4.98 Å². The van der Waals surface area contributed by atoms with E-state index in [1.807, 2.05) is 22.0 Å². The molecule has 0 aromatic carbocycles. The van der Waals surface area contributed by atoms with E-state index in [2.05, 4.69) is 25.9 Å². The van der Waals surface area contributed by atoms with Crippen molar-refractivity contribution in [3.8, 4) is 11.6 Å². The lowest BCUT2D eigenvalue weighted by Crippen LogP contribution is -2.01. The van der Waals surface area contributed by atoms with Gasteiger partial charge < -0.3 is 10.5 Å². The second kappa shape index (κ2) is 4.68. The molecule has 3 heterocycles. The molecule has 2 N–H and O–H groups in total. The Labute approximate surface area is 115 Å². The van der Waals surface area contributed by atoms with E-state index in [-0.39, 0.29) is 0 Å². The number of rotatable bonds is 3. The van der Waals surface area contributed by atoms with E-state index >= 15 is 0 Å². The molecular formula is C11H9BrN4OS. The van der Waals surface area contributed by atoms with Crippen LogP contribution in [0.2, 0.25) is 0 Å². The molecule has 0 saturated heterocycles. The van der Waals surface area contributed by atoms with Crippen molar-refractivity contribution >= 4 is 32.2 Å². The summed E-state index contributed by atoms with van der Waals surface area (Å²) in [5.41, 5.74) is 6.60. The highest BCUT2D eigenvalue weighted by Gasteiger charge is 2.13. The van der Waals surface area contributed by atoms with Crippen LogP contribution in [0, 0.1) is 0 Å². The largest absolute Gasteiger partial charge is 0.436 e. The SMILES string of the molecule is NCc1c(Oc2cncc(Br)c2)nc2sccn12. The third-order valence-corrected chi connectivity index (χ3v) is 3.60. The number of halogens is 1. The van der Waals surface area contributed by atoms with Gasteiger partial charge in [0.15, 0.2) is 4.96 Å². The number of pyridine rings is 1. The molecule has 0 unspecified atom stereocenters. The van der Waals surface area contributed by atoms with Gasteiger partial charge in [0, 0.05) is 28.8 Å². The first-order chi connectivity index (χ1) is 8.78. The number of aromatic nitrogens is 3. The van der Waals surface area contributed by atoms with E-state index < -0.39 is 0 Å². The third kappa shape index (κ3) is 2.00. The van der Waals surface area contributed by atoms with Crippen LogP contribution in [0.25, 0.3) is 4.96 Å². The smallest absolute Gasteiger partial charge is 0.243 e. The maximum Gasteiger partial charge on any atom is 0.243 e. The summed E-state index contributed by atoms with van der Waals surface area (Å²) >= 11 is 4.89. The Morgan fingerprint density at radius 2 is 2.33 bits per heavy atom. The predicted octanol–water partition coefficient (Wildman–Crippen LogP) is 2.80. The van der Waals surface area contributed by atoms with Gasteiger partial charge in [0.25, 0.3) is 0 Å². The molecular weight excluding hydrogens is 316 g/mol. The molecule has 18 heavy (non-hydrogen) atoms. The molecule has 0 atom stereocenters. The summed E-state index contributed by atoms with van der Waals surface area (Å²) in [4.78, 5) is 9.32. The number of thiazole rings is 1. The summed E-state index contributed by atoms with van der Waals surface area (Å²) < 4.78 is 8.52. The van der Waals surface area contributed by atoms with Crippen molar-refractivity contribution in [2.75, 3.05) is 0 Å². The molecule has 0 aliphatic rings. The molecule has 5 nitrogen and oxygen atoms in total. The number of hydrogen-bond donors (Lipinski definition) is 1. The van der Waals surface area contributed by atoms with Gasteiger partial charge in [-0.3, -0.25) is 9.38 Å². The maximum atomic E-state index is 5.74. The van der Waals surface area contributed by atoms with E-state index in [9.17, 15) is 0 Å². The number of fused-ring (bicyclic) bond motifs is 1. The van der Waals surface area contributed by atoms with E-state index in [1.54, 1.807) is 23.7 Å². The molecule has 0 aliphatic heterocycles. The van der Waals surface area contributed by atoms with Crippen LogP contribution in [-0.2, 0) is 6.54 Å². The molecule has 0 fully saturated rings. The lowest BCUT2D eigenvalue weighted by molar-refractivity contribution is 0.457. The highest BCUT2D eigenvalue weighted by atomic mass is 79.9. The number of nitrogens with zero attached hydrogens (tertiary/aromatic N) is 3. The first kappa shape index (κ1) is 11.6. The van der Waals surface area contributed by atoms with Crippen LogP contribution in [0.4, 0.5) is 0 Å². The molecule has 3 aromatic rings. The number of ether oxygens (including phenoxy) is 1. The Kier molecular flexibility index (Phi) is 3.02. The Bertz CT molecular complexity index is 693. The quantitative estimate of drug-likeness (QED) is 0.804. The van der Waals surface area contributed by atoms with Gasteiger partial charge >= 0.3 is 0 Å². The van der Waals surface area contributed by atoms with Gasteiger partial charge in [-0.1, -0.05) is 0 Å². The summed E-state index contributed by atoms with van der Waals surface area (Å²) in [6.07, 6.45) is 5.27. The minimum atomic E-state index is 0.370. The zero-order valence-electron chi connectivity index (χ0n) is 9.21. The fraction of sp³-hybridized carbons (Fsp3) is 0.0909. The molecule has 3 aromatic heterocycles. The van der Waals surface area contributed by atoms with Gasteiger partial charge in [0.2, 0.25) is 5.88 Å². The zero-order valence-corrected chi connectivity index (χ0v) is 11.6. The zero-order chi connectivity index (χ0) is 12.5.